The summed E-state index contributed by atoms with van der Waals surface area (Å²) in [5.74, 6) is -1.67. The van der Waals surface area contributed by atoms with Gasteiger partial charge in [-0.25, -0.2) is 4.79 Å². The van der Waals surface area contributed by atoms with Gasteiger partial charge < -0.3 is 9.47 Å². The number of esters is 1. The standard InChI is InChI=1S/C9H7ClN2O7/c1-18-8-4(10)3-5(11(14)15)6(9(13)19-2)7(8)12(16)17/h3H,1-2H3. The van der Waals surface area contributed by atoms with Gasteiger partial charge in [0.2, 0.25) is 11.3 Å². The Morgan fingerprint density at radius 2 is 1.84 bits per heavy atom. The van der Waals surface area contributed by atoms with Gasteiger partial charge in [0.25, 0.3) is 5.69 Å². The van der Waals surface area contributed by atoms with E-state index in [0.29, 0.717) is 0 Å². The fraction of sp³-hybridized carbons (Fsp3) is 0.222. The molecule has 0 aliphatic carbocycles. The van der Waals surface area contributed by atoms with E-state index in [2.05, 4.69) is 4.74 Å². The van der Waals surface area contributed by atoms with Crippen LogP contribution in [0.15, 0.2) is 6.07 Å². The summed E-state index contributed by atoms with van der Waals surface area (Å²) in [4.78, 5) is 31.4. The van der Waals surface area contributed by atoms with E-state index in [1.165, 1.54) is 0 Å². The van der Waals surface area contributed by atoms with E-state index < -0.39 is 38.5 Å². The molecule has 0 aromatic heterocycles. The highest BCUT2D eigenvalue weighted by Gasteiger charge is 2.37. The summed E-state index contributed by atoms with van der Waals surface area (Å²) in [6.07, 6.45) is 0. The van der Waals surface area contributed by atoms with Crippen LogP contribution in [-0.4, -0.2) is 30.0 Å². The zero-order valence-electron chi connectivity index (χ0n) is 9.71. The predicted octanol–water partition coefficient (Wildman–Crippen LogP) is 1.95. The number of hydrogen-bond acceptors (Lipinski definition) is 7. The first-order valence-electron chi connectivity index (χ1n) is 4.62. The van der Waals surface area contributed by atoms with Gasteiger partial charge in [-0.1, -0.05) is 11.6 Å². The van der Waals surface area contributed by atoms with Gasteiger partial charge in [0.15, 0.2) is 0 Å². The summed E-state index contributed by atoms with van der Waals surface area (Å²) in [7, 11) is 2.03. The number of carbonyl (C=O) groups excluding carboxylic acids is 1. The number of halogens is 1. The van der Waals surface area contributed by atoms with Crippen molar-refractivity contribution in [3.63, 3.8) is 0 Å². The van der Waals surface area contributed by atoms with Gasteiger partial charge in [-0.05, 0) is 0 Å². The maximum absolute atomic E-state index is 11.5. The number of rotatable bonds is 4. The molecule has 0 bridgehead atoms. The van der Waals surface area contributed by atoms with Gasteiger partial charge in [-0.2, -0.15) is 0 Å². The molecule has 10 heteroatoms. The zero-order chi connectivity index (χ0) is 14.7. The van der Waals surface area contributed by atoms with Gasteiger partial charge in [0.05, 0.1) is 29.1 Å². The molecule has 1 aromatic carbocycles. The second kappa shape index (κ2) is 5.48. The SMILES string of the molecule is COC(=O)c1c([N+](=O)[O-])cc(Cl)c(OC)c1[N+](=O)[O-]. The zero-order valence-corrected chi connectivity index (χ0v) is 10.5. The normalized spacial score (nSPS) is 9.84. The lowest BCUT2D eigenvalue weighted by Gasteiger charge is -2.08. The number of nitro groups is 2. The molecule has 0 saturated carbocycles. The van der Waals surface area contributed by atoms with Crippen LogP contribution in [0.25, 0.3) is 0 Å². The van der Waals surface area contributed by atoms with Crippen molar-refractivity contribution >= 4 is 28.9 Å². The summed E-state index contributed by atoms with van der Waals surface area (Å²) in [5, 5.41) is 21.5. The third kappa shape index (κ3) is 2.55. The summed E-state index contributed by atoms with van der Waals surface area (Å²) in [5.41, 5.74) is -2.56. The van der Waals surface area contributed by atoms with Gasteiger partial charge in [0.1, 0.15) is 0 Å². The topological polar surface area (TPSA) is 122 Å². The van der Waals surface area contributed by atoms with Crippen molar-refractivity contribution in [2.45, 2.75) is 0 Å². The third-order valence-electron chi connectivity index (χ3n) is 2.16. The molecule has 0 radical (unpaired) electrons. The molecule has 102 valence electrons. The number of carbonyl (C=O) groups is 1. The molecule has 1 rings (SSSR count). The molecule has 0 unspecified atom stereocenters. The minimum absolute atomic E-state index is 0.353. The second-order valence-corrected chi connectivity index (χ2v) is 3.55. The second-order valence-electron chi connectivity index (χ2n) is 3.14. The van der Waals surface area contributed by atoms with Crippen molar-refractivity contribution in [1.82, 2.24) is 0 Å². The van der Waals surface area contributed by atoms with Crippen molar-refractivity contribution in [3.05, 3.63) is 36.9 Å². The molecule has 0 atom stereocenters. The van der Waals surface area contributed by atoms with Crippen LogP contribution in [0.1, 0.15) is 10.4 Å². The van der Waals surface area contributed by atoms with Crippen LogP contribution in [0.3, 0.4) is 0 Å². The number of nitro benzene ring substituents is 2. The highest BCUT2D eigenvalue weighted by atomic mass is 35.5. The Bertz CT molecular complexity index is 572. The molecule has 9 nitrogen and oxygen atoms in total. The third-order valence-corrected chi connectivity index (χ3v) is 2.44. The minimum Gasteiger partial charge on any atom is -0.489 e. The Labute approximate surface area is 111 Å². The van der Waals surface area contributed by atoms with Crippen LogP contribution in [0, 0.1) is 20.2 Å². The van der Waals surface area contributed by atoms with E-state index in [-0.39, 0.29) is 5.02 Å². The van der Waals surface area contributed by atoms with Crippen molar-refractivity contribution in [2.75, 3.05) is 14.2 Å². The highest BCUT2D eigenvalue weighted by Crippen LogP contribution is 2.42. The van der Waals surface area contributed by atoms with Crippen LogP contribution >= 0.6 is 11.6 Å². The van der Waals surface area contributed by atoms with Crippen molar-refractivity contribution < 1.29 is 24.1 Å². The lowest BCUT2D eigenvalue weighted by atomic mass is 10.1. The first-order chi connectivity index (χ1) is 8.84. The molecule has 0 heterocycles. The average molecular weight is 291 g/mol. The Morgan fingerprint density at radius 1 is 1.26 bits per heavy atom. The van der Waals surface area contributed by atoms with E-state index in [9.17, 15) is 25.0 Å². The van der Waals surface area contributed by atoms with E-state index in [0.717, 1.165) is 20.3 Å². The Balaban J connectivity index is 3.85. The van der Waals surface area contributed by atoms with Crippen molar-refractivity contribution in [2.24, 2.45) is 0 Å². The van der Waals surface area contributed by atoms with Gasteiger partial charge in [-0.3, -0.25) is 20.2 Å². The number of benzene rings is 1. The Kier molecular flexibility index (Phi) is 4.22. The molecule has 0 saturated heterocycles. The lowest BCUT2D eigenvalue weighted by molar-refractivity contribution is -0.395. The molecule has 0 N–H and O–H groups in total. The van der Waals surface area contributed by atoms with Crippen LogP contribution in [0.2, 0.25) is 5.02 Å². The molecule has 0 aliphatic rings. The van der Waals surface area contributed by atoms with Crippen molar-refractivity contribution in [1.29, 1.82) is 0 Å². The van der Waals surface area contributed by atoms with Crippen LogP contribution in [0.4, 0.5) is 11.4 Å². The molecule has 0 amide bonds. The van der Waals surface area contributed by atoms with Crippen LogP contribution in [0.5, 0.6) is 5.75 Å². The van der Waals surface area contributed by atoms with Crippen LogP contribution < -0.4 is 4.74 Å². The lowest BCUT2D eigenvalue weighted by Crippen LogP contribution is -2.11. The number of nitrogens with zero attached hydrogens (tertiary/aromatic N) is 2. The van der Waals surface area contributed by atoms with E-state index in [4.69, 9.17) is 16.3 Å². The molecule has 19 heavy (non-hydrogen) atoms. The molecular weight excluding hydrogens is 284 g/mol. The first-order valence-corrected chi connectivity index (χ1v) is 5.00. The van der Waals surface area contributed by atoms with Crippen molar-refractivity contribution in [3.8, 4) is 5.75 Å². The summed E-state index contributed by atoms with van der Waals surface area (Å²) < 4.78 is 9.01. The van der Waals surface area contributed by atoms with Gasteiger partial charge >= 0.3 is 11.7 Å². The highest BCUT2D eigenvalue weighted by molar-refractivity contribution is 6.33. The number of hydrogen-bond donors (Lipinski definition) is 0. The predicted molar refractivity (Wildman–Crippen MR) is 62.7 cm³/mol. The summed E-state index contributed by atoms with van der Waals surface area (Å²) in [6.45, 7) is 0. The van der Waals surface area contributed by atoms with Gasteiger partial charge in [-0.15, -0.1) is 0 Å². The smallest absolute Gasteiger partial charge is 0.352 e. The maximum Gasteiger partial charge on any atom is 0.352 e. The van der Waals surface area contributed by atoms with E-state index in [1.54, 1.807) is 0 Å². The largest absolute Gasteiger partial charge is 0.489 e. The molecule has 1 aromatic rings. The minimum atomic E-state index is -1.23. The molecule has 0 spiro atoms. The number of methoxy groups -OCH3 is 2. The monoisotopic (exact) mass is 290 g/mol. The average Bonchev–Trinajstić information content (AvgIpc) is 2.35. The summed E-state index contributed by atoms with van der Waals surface area (Å²) in [6, 6.07) is 0.791. The Hall–Kier alpha value is -2.42. The fourth-order valence-electron chi connectivity index (χ4n) is 1.42. The quantitative estimate of drug-likeness (QED) is 0.471. The van der Waals surface area contributed by atoms with E-state index in [1.807, 2.05) is 0 Å². The number of ether oxygens (including phenoxy) is 2. The van der Waals surface area contributed by atoms with E-state index >= 15 is 0 Å². The Morgan fingerprint density at radius 3 is 2.21 bits per heavy atom. The maximum atomic E-state index is 11.5. The summed E-state index contributed by atoms with van der Waals surface area (Å²) >= 11 is 5.66. The van der Waals surface area contributed by atoms with Gasteiger partial charge in [0, 0.05) is 6.07 Å². The first kappa shape index (κ1) is 14.6. The van der Waals surface area contributed by atoms with Crippen LogP contribution in [-0.2, 0) is 4.74 Å². The molecule has 0 fully saturated rings. The molecule has 0 aliphatic heterocycles. The molecular formula is C9H7ClN2O7. The fourth-order valence-corrected chi connectivity index (χ4v) is 1.69.